The van der Waals surface area contributed by atoms with E-state index in [1.54, 1.807) is 6.92 Å². The van der Waals surface area contributed by atoms with Crippen LogP contribution in [0.2, 0.25) is 0 Å². The van der Waals surface area contributed by atoms with Crippen LogP contribution in [0.4, 0.5) is 0 Å². The summed E-state index contributed by atoms with van der Waals surface area (Å²) in [5, 5.41) is 6.64. The van der Waals surface area contributed by atoms with Gasteiger partial charge in [0.2, 0.25) is 5.91 Å². The lowest BCUT2D eigenvalue weighted by atomic mass is 10.0. The Morgan fingerprint density at radius 1 is 1.00 bits per heavy atom. The van der Waals surface area contributed by atoms with Gasteiger partial charge in [0.1, 0.15) is 6.20 Å². The van der Waals surface area contributed by atoms with Gasteiger partial charge < -0.3 is 10.6 Å². The minimum atomic E-state index is 0.0519. The van der Waals surface area contributed by atoms with E-state index in [2.05, 4.69) is 43.5 Å². The topological polar surface area (TPSA) is 41.1 Å². The van der Waals surface area contributed by atoms with E-state index in [1.165, 1.54) is 89.9 Å². The molecule has 1 heterocycles. The van der Waals surface area contributed by atoms with Gasteiger partial charge in [0.15, 0.2) is 12.3 Å². The molecule has 1 aliphatic rings. The third kappa shape index (κ3) is 10.1. The molecule has 0 aromatic rings. The molecule has 0 radical (unpaired) electrons. The highest BCUT2D eigenvalue weighted by Gasteiger charge is 2.41. The highest BCUT2D eigenvalue weighted by atomic mass is 16.1. The van der Waals surface area contributed by atoms with Crippen LogP contribution in [0, 0.1) is 0 Å². The lowest BCUT2D eigenvalue weighted by Gasteiger charge is -2.41. The van der Waals surface area contributed by atoms with Gasteiger partial charge >= 0.3 is 0 Å². The Labute approximate surface area is 187 Å². The molecule has 2 N–H and O–H groups in total. The number of quaternary nitrogens is 1. The first-order valence-corrected chi connectivity index (χ1v) is 12.8. The number of amides is 1. The van der Waals surface area contributed by atoms with Crippen LogP contribution < -0.4 is 10.6 Å². The minimum absolute atomic E-state index is 0.0519. The smallest absolute Gasteiger partial charge is 0.221 e. The second-order valence-electron chi connectivity index (χ2n) is 9.15. The summed E-state index contributed by atoms with van der Waals surface area (Å²) in [4.78, 5) is 11.5. The Hall–Kier alpha value is -1.29. The summed E-state index contributed by atoms with van der Waals surface area (Å²) < 4.78 is 0.813. The van der Waals surface area contributed by atoms with E-state index in [0.717, 1.165) is 17.4 Å². The molecule has 0 fully saturated rings. The standard InChI is InChI=1S/C26H49N3O/c1-5-7-8-9-10-11-12-13-14-15-16-17-18-19-20-21-26-27-22-23-29(26,6-2)24(3)28-25(4)30/h5,22-24,26-27H,1,6-21H2,2-4H3/p+1. The molecule has 0 saturated carbocycles. The Balaban J connectivity index is 2.02. The molecule has 30 heavy (non-hydrogen) atoms. The van der Waals surface area contributed by atoms with E-state index in [9.17, 15) is 4.79 Å². The molecular formula is C26H50N3O+. The maximum absolute atomic E-state index is 11.5. The summed E-state index contributed by atoms with van der Waals surface area (Å²) in [7, 11) is 0. The number of carbonyl (C=O) groups excluding carboxylic acids is 1. The molecule has 0 bridgehead atoms. The number of unbranched alkanes of at least 4 members (excludes halogenated alkanes) is 13. The Kier molecular flexibility index (Phi) is 14.6. The molecular weight excluding hydrogens is 370 g/mol. The van der Waals surface area contributed by atoms with Gasteiger partial charge in [-0.3, -0.25) is 9.28 Å². The average molecular weight is 421 g/mol. The van der Waals surface area contributed by atoms with Crippen molar-refractivity contribution in [3.63, 3.8) is 0 Å². The minimum Gasteiger partial charge on any atom is -0.338 e. The molecule has 0 saturated heterocycles. The van der Waals surface area contributed by atoms with Gasteiger partial charge in [0.05, 0.1) is 12.7 Å². The fourth-order valence-corrected chi connectivity index (χ4v) is 4.84. The zero-order valence-electron chi connectivity index (χ0n) is 20.3. The first kappa shape index (κ1) is 26.7. The normalized spacial score (nSPS) is 21.4. The van der Waals surface area contributed by atoms with Crippen molar-refractivity contribution in [1.82, 2.24) is 10.6 Å². The maximum atomic E-state index is 11.5. The summed E-state index contributed by atoms with van der Waals surface area (Å²) in [5.74, 6) is 0.0519. The first-order valence-electron chi connectivity index (χ1n) is 12.8. The third-order valence-corrected chi connectivity index (χ3v) is 6.79. The van der Waals surface area contributed by atoms with Crippen molar-refractivity contribution in [2.45, 2.75) is 129 Å². The Morgan fingerprint density at radius 3 is 1.97 bits per heavy atom. The molecule has 3 atom stereocenters. The third-order valence-electron chi connectivity index (χ3n) is 6.79. The van der Waals surface area contributed by atoms with Crippen LogP contribution in [-0.2, 0) is 4.79 Å². The molecule has 1 amide bonds. The van der Waals surface area contributed by atoms with Gasteiger partial charge in [-0.25, -0.2) is 0 Å². The second-order valence-corrected chi connectivity index (χ2v) is 9.15. The SMILES string of the molecule is C=CCCCCCCCCCCCCCCCC1NC=C[N+]1(CC)C(C)NC(C)=O. The van der Waals surface area contributed by atoms with Gasteiger partial charge in [-0.2, -0.15) is 0 Å². The summed E-state index contributed by atoms with van der Waals surface area (Å²) >= 11 is 0. The summed E-state index contributed by atoms with van der Waals surface area (Å²) in [6.45, 7) is 10.7. The van der Waals surface area contributed by atoms with Crippen LogP contribution >= 0.6 is 0 Å². The Morgan fingerprint density at radius 2 is 1.50 bits per heavy atom. The molecule has 4 nitrogen and oxygen atoms in total. The average Bonchev–Trinajstić information content (AvgIpc) is 3.14. The predicted molar refractivity (Wildman–Crippen MR) is 130 cm³/mol. The van der Waals surface area contributed by atoms with Crippen molar-refractivity contribution in [1.29, 1.82) is 0 Å². The van der Waals surface area contributed by atoms with E-state index in [1.807, 2.05) is 6.08 Å². The number of carbonyl (C=O) groups is 1. The van der Waals surface area contributed by atoms with E-state index in [4.69, 9.17) is 0 Å². The molecule has 0 aromatic carbocycles. The lowest BCUT2D eigenvalue weighted by molar-refractivity contribution is -0.923. The highest BCUT2D eigenvalue weighted by molar-refractivity contribution is 5.72. The summed E-state index contributed by atoms with van der Waals surface area (Å²) in [6.07, 6.45) is 27.1. The summed E-state index contributed by atoms with van der Waals surface area (Å²) in [5.41, 5.74) is 0. The van der Waals surface area contributed by atoms with E-state index in [0.29, 0.717) is 6.17 Å². The van der Waals surface area contributed by atoms with Gasteiger partial charge in [-0.15, -0.1) is 6.58 Å². The maximum Gasteiger partial charge on any atom is 0.221 e. The van der Waals surface area contributed by atoms with Crippen LogP contribution in [0.5, 0.6) is 0 Å². The van der Waals surface area contributed by atoms with E-state index >= 15 is 0 Å². The van der Waals surface area contributed by atoms with E-state index < -0.39 is 0 Å². The largest absolute Gasteiger partial charge is 0.338 e. The van der Waals surface area contributed by atoms with Gasteiger partial charge in [-0.1, -0.05) is 76.7 Å². The van der Waals surface area contributed by atoms with Crippen LogP contribution in [0.15, 0.2) is 25.1 Å². The predicted octanol–water partition coefficient (Wildman–Crippen LogP) is 6.74. The van der Waals surface area contributed by atoms with E-state index in [-0.39, 0.29) is 12.1 Å². The molecule has 174 valence electrons. The zero-order valence-corrected chi connectivity index (χ0v) is 20.3. The van der Waals surface area contributed by atoms with Crippen molar-refractivity contribution >= 4 is 5.91 Å². The van der Waals surface area contributed by atoms with Crippen LogP contribution in [0.25, 0.3) is 0 Å². The molecule has 1 aliphatic heterocycles. The molecule has 0 aliphatic carbocycles. The van der Waals surface area contributed by atoms with Crippen LogP contribution in [0.1, 0.15) is 117 Å². The second kappa shape index (κ2) is 16.4. The highest BCUT2D eigenvalue weighted by Crippen LogP contribution is 2.26. The quantitative estimate of drug-likeness (QED) is 0.138. The zero-order chi connectivity index (χ0) is 22.1. The van der Waals surface area contributed by atoms with Crippen molar-refractivity contribution in [2.24, 2.45) is 0 Å². The molecule has 0 aromatic heterocycles. The van der Waals surface area contributed by atoms with Gasteiger partial charge in [0.25, 0.3) is 0 Å². The monoisotopic (exact) mass is 420 g/mol. The van der Waals surface area contributed by atoms with Crippen LogP contribution in [-0.4, -0.2) is 29.3 Å². The van der Waals surface area contributed by atoms with Crippen molar-refractivity contribution in [2.75, 3.05) is 6.54 Å². The molecule has 0 spiro atoms. The van der Waals surface area contributed by atoms with Crippen molar-refractivity contribution in [3.8, 4) is 0 Å². The number of nitrogens with one attached hydrogen (secondary N) is 2. The molecule has 3 unspecified atom stereocenters. The fourth-order valence-electron chi connectivity index (χ4n) is 4.84. The number of allylic oxidation sites excluding steroid dienone is 1. The van der Waals surface area contributed by atoms with Crippen molar-refractivity contribution < 1.29 is 9.28 Å². The fraction of sp³-hybridized carbons (Fsp3) is 0.808. The Bertz CT molecular complexity index is 491. The molecule has 1 rings (SSSR count). The number of hydrogen-bond donors (Lipinski definition) is 2. The van der Waals surface area contributed by atoms with Gasteiger partial charge in [0, 0.05) is 20.3 Å². The lowest BCUT2D eigenvalue weighted by Crippen LogP contribution is -2.62. The molecule has 4 heteroatoms. The first-order chi connectivity index (χ1) is 14.6. The number of hydrogen-bond acceptors (Lipinski definition) is 2. The number of rotatable bonds is 19. The number of nitrogens with zero attached hydrogens (tertiary/aromatic N) is 1. The van der Waals surface area contributed by atoms with Gasteiger partial charge in [-0.05, 0) is 26.2 Å². The van der Waals surface area contributed by atoms with Crippen LogP contribution in [0.3, 0.4) is 0 Å². The summed E-state index contributed by atoms with van der Waals surface area (Å²) in [6, 6.07) is 0. The van der Waals surface area contributed by atoms with Crippen molar-refractivity contribution in [3.05, 3.63) is 25.1 Å².